The van der Waals surface area contributed by atoms with E-state index < -0.39 is 0 Å². The topological polar surface area (TPSA) is 57.0 Å². The quantitative estimate of drug-likeness (QED) is 0.741. The second-order valence-electron chi connectivity index (χ2n) is 3.27. The number of ether oxygens (including phenoxy) is 1. The first-order valence-corrected chi connectivity index (χ1v) is 5.60. The number of aromatic nitrogens is 3. The normalized spacial score (nSPS) is 12.3. The lowest BCUT2D eigenvalue weighted by Gasteiger charge is -2.03. The zero-order valence-corrected chi connectivity index (χ0v) is 9.55. The van der Waals surface area contributed by atoms with Crippen LogP contribution in [0.15, 0.2) is 24.9 Å². The summed E-state index contributed by atoms with van der Waals surface area (Å²) in [6.07, 6.45) is 6.90. The molecule has 0 aromatic carbocycles. The first kappa shape index (κ1) is 10.8. The maximum atomic E-state index is 10.2. The van der Waals surface area contributed by atoms with Gasteiger partial charge in [-0.3, -0.25) is 4.79 Å². The first-order chi connectivity index (χ1) is 7.79. The number of carbonyl (C=O) groups is 1. The van der Waals surface area contributed by atoms with Crippen LogP contribution in [-0.2, 0) is 16.1 Å². The molecular weight excluding hydrogens is 226 g/mol. The fourth-order valence-electron chi connectivity index (χ4n) is 1.29. The summed E-state index contributed by atoms with van der Waals surface area (Å²) >= 11 is 1.54. The molecule has 0 fully saturated rings. The van der Waals surface area contributed by atoms with E-state index >= 15 is 0 Å². The SMILES string of the molecule is CC(OC=O)c1ncc(Cn2ccnc2)s1. The molecule has 0 N–H and O–H groups in total. The Balaban J connectivity index is 2.04. The summed E-state index contributed by atoms with van der Waals surface area (Å²) in [5, 5.41) is 0.808. The van der Waals surface area contributed by atoms with Crippen LogP contribution in [0.25, 0.3) is 0 Å². The number of hydrogen-bond donors (Lipinski definition) is 0. The van der Waals surface area contributed by atoms with E-state index in [4.69, 9.17) is 4.74 Å². The van der Waals surface area contributed by atoms with Gasteiger partial charge >= 0.3 is 0 Å². The molecule has 0 spiro atoms. The minimum Gasteiger partial charge on any atom is -0.457 e. The molecule has 2 aromatic rings. The third-order valence-electron chi connectivity index (χ3n) is 2.08. The summed E-state index contributed by atoms with van der Waals surface area (Å²) in [7, 11) is 0. The Labute approximate surface area is 96.7 Å². The highest BCUT2D eigenvalue weighted by Gasteiger charge is 2.10. The van der Waals surface area contributed by atoms with E-state index in [1.165, 1.54) is 11.3 Å². The van der Waals surface area contributed by atoms with Crippen molar-refractivity contribution in [3.05, 3.63) is 34.8 Å². The summed E-state index contributed by atoms with van der Waals surface area (Å²) in [6.45, 7) is 2.99. The Morgan fingerprint density at radius 1 is 1.69 bits per heavy atom. The Morgan fingerprint density at radius 3 is 3.25 bits per heavy atom. The van der Waals surface area contributed by atoms with Crippen molar-refractivity contribution < 1.29 is 9.53 Å². The molecule has 0 saturated heterocycles. The zero-order valence-electron chi connectivity index (χ0n) is 8.74. The number of carbonyl (C=O) groups excluding carboxylic acids is 1. The maximum absolute atomic E-state index is 10.2. The molecule has 16 heavy (non-hydrogen) atoms. The summed E-state index contributed by atoms with van der Waals surface area (Å²) < 4.78 is 6.79. The van der Waals surface area contributed by atoms with Crippen LogP contribution in [0, 0.1) is 0 Å². The minimum atomic E-state index is -0.279. The molecule has 2 rings (SSSR count). The van der Waals surface area contributed by atoms with Crippen molar-refractivity contribution in [2.24, 2.45) is 0 Å². The highest BCUT2D eigenvalue weighted by Crippen LogP contribution is 2.22. The van der Waals surface area contributed by atoms with Crippen molar-refractivity contribution in [1.29, 1.82) is 0 Å². The molecule has 6 heteroatoms. The predicted octanol–water partition coefficient (Wildman–Crippen LogP) is 1.62. The van der Waals surface area contributed by atoms with Gasteiger partial charge in [0, 0.05) is 23.5 Å². The largest absolute Gasteiger partial charge is 0.457 e. The van der Waals surface area contributed by atoms with Crippen molar-refractivity contribution >= 4 is 17.8 Å². The number of rotatable bonds is 5. The van der Waals surface area contributed by atoms with Crippen LogP contribution in [0.3, 0.4) is 0 Å². The van der Waals surface area contributed by atoms with E-state index in [0.29, 0.717) is 6.47 Å². The molecule has 2 aromatic heterocycles. The molecule has 1 unspecified atom stereocenters. The molecule has 0 aliphatic carbocycles. The second-order valence-corrected chi connectivity index (χ2v) is 4.42. The molecular formula is C10H11N3O2S. The lowest BCUT2D eigenvalue weighted by Crippen LogP contribution is -1.96. The molecule has 84 valence electrons. The first-order valence-electron chi connectivity index (χ1n) is 4.79. The third kappa shape index (κ3) is 2.46. The van der Waals surface area contributed by atoms with Crippen LogP contribution in [0.4, 0.5) is 0 Å². The fourth-order valence-corrected chi connectivity index (χ4v) is 2.20. The Morgan fingerprint density at radius 2 is 2.56 bits per heavy atom. The van der Waals surface area contributed by atoms with E-state index in [1.807, 2.05) is 10.8 Å². The molecule has 0 radical (unpaired) electrons. The van der Waals surface area contributed by atoms with Crippen LogP contribution in [0.5, 0.6) is 0 Å². The number of thiazole rings is 1. The van der Waals surface area contributed by atoms with Crippen molar-refractivity contribution in [3.63, 3.8) is 0 Å². The van der Waals surface area contributed by atoms with Gasteiger partial charge in [0.2, 0.25) is 0 Å². The van der Waals surface area contributed by atoms with Gasteiger partial charge in [0.15, 0.2) is 0 Å². The van der Waals surface area contributed by atoms with Gasteiger partial charge in [-0.15, -0.1) is 11.3 Å². The molecule has 0 amide bonds. The van der Waals surface area contributed by atoms with Crippen LogP contribution in [0.1, 0.15) is 22.9 Å². The van der Waals surface area contributed by atoms with Crippen molar-refractivity contribution in [3.8, 4) is 0 Å². The van der Waals surface area contributed by atoms with Gasteiger partial charge in [-0.25, -0.2) is 9.97 Å². The monoisotopic (exact) mass is 237 g/mol. The van der Waals surface area contributed by atoms with E-state index in [-0.39, 0.29) is 6.10 Å². The molecule has 1 atom stereocenters. The van der Waals surface area contributed by atoms with Gasteiger partial charge in [-0.1, -0.05) is 0 Å². The van der Waals surface area contributed by atoms with Gasteiger partial charge in [0.25, 0.3) is 6.47 Å². The molecule has 0 saturated carbocycles. The average Bonchev–Trinajstić information content (AvgIpc) is 2.90. The summed E-state index contributed by atoms with van der Waals surface area (Å²) in [4.78, 5) is 19.5. The highest BCUT2D eigenvalue weighted by molar-refractivity contribution is 7.11. The van der Waals surface area contributed by atoms with Crippen molar-refractivity contribution in [1.82, 2.24) is 14.5 Å². The van der Waals surface area contributed by atoms with Gasteiger partial charge in [-0.2, -0.15) is 0 Å². The summed E-state index contributed by atoms with van der Waals surface area (Å²) in [6, 6.07) is 0. The van der Waals surface area contributed by atoms with Gasteiger partial charge in [0.1, 0.15) is 11.1 Å². The lowest BCUT2D eigenvalue weighted by atomic mass is 10.4. The molecule has 0 aliphatic rings. The number of imidazole rings is 1. The Kier molecular flexibility index (Phi) is 3.31. The average molecular weight is 237 g/mol. The molecule has 0 bridgehead atoms. The van der Waals surface area contributed by atoms with E-state index in [0.717, 1.165) is 16.4 Å². The Bertz CT molecular complexity index is 452. The third-order valence-corrected chi connectivity index (χ3v) is 3.22. The van der Waals surface area contributed by atoms with Crippen LogP contribution in [-0.4, -0.2) is 21.0 Å². The smallest absolute Gasteiger partial charge is 0.293 e. The van der Waals surface area contributed by atoms with Gasteiger partial charge in [0.05, 0.1) is 12.9 Å². The zero-order chi connectivity index (χ0) is 11.4. The maximum Gasteiger partial charge on any atom is 0.293 e. The molecule has 2 heterocycles. The number of hydrogen-bond acceptors (Lipinski definition) is 5. The second kappa shape index (κ2) is 4.89. The van der Waals surface area contributed by atoms with Crippen LogP contribution >= 0.6 is 11.3 Å². The van der Waals surface area contributed by atoms with E-state index in [2.05, 4.69) is 9.97 Å². The Hall–Kier alpha value is -1.69. The van der Waals surface area contributed by atoms with E-state index in [9.17, 15) is 4.79 Å². The van der Waals surface area contributed by atoms with E-state index in [1.54, 1.807) is 25.6 Å². The fraction of sp³-hybridized carbons (Fsp3) is 0.300. The highest BCUT2D eigenvalue weighted by atomic mass is 32.1. The predicted molar refractivity (Wildman–Crippen MR) is 59.0 cm³/mol. The summed E-state index contributed by atoms with van der Waals surface area (Å²) in [5.41, 5.74) is 0. The number of nitrogens with zero attached hydrogens (tertiary/aromatic N) is 3. The van der Waals surface area contributed by atoms with Crippen LogP contribution in [0.2, 0.25) is 0 Å². The van der Waals surface area contributed by atoms with Crippen molar-refractivity contribution in [2.45, 2.75) is 19.6 Å². The lowest BCUT2D eigenvalue weighted by molar-refractivity contribution is -0.133. The van der Waals surface area contributed by atoms with Gasteiger partial charge < -0.3 is 9.30 Å². The molecule has 5 nitrogen and oxygen atoms in total. The van der Waals surface area contributed by atoms with Crippen molar-refractivity contribution in [2.75, 3.05) is 0 Å². The van der Waals surface area contributed by atoms with Crippen LogP contribution < -0.4 is 0 Å². The minimum absolute atomic E-state index is 0.279. The standard InChI is InChI=1S/C10H11N3O2S/c1-8(15-7-14)10-12-4-9(16-10)5-13-3-2-11-6-13/h2-4,6-8H,5H2,1H3. The molecule has 0 aliphatic heterocycles. The summed E-state index contributed by atoms with van der Waals surface area (Å²) in [5.74, 6) is 0. The van der Waals surface area contributed by atoms with Gasteiger partial charge in [-0.05, 0) is 6.92 Å².